The first kappa shape index (κ1) is 17.4. The summed E-state index contributed by atoms with van der Waals surface area (Å²) in [6.07, 6.45) is 1.56. The lowest BCUT2D eigenvalue weighted by atomic mass is 10.1. The number of carbonyl (C=O) groups excluding carboxylic acids is 1. The Kier molecular flexibility index (Phi) is 5.32. The Balaban J connectivity index is 1.61. The molecular weight excluding hydrogens is 326 g/mol. The summed E-state index contributed by atoms with van der Waals surface area (Å²) in [6, 6.07) is 1.96. The molecule has 136 valence electrons. The maximum Gasteiger partial charge on any atom is 0.315 e. The van der Waals surface area contributed by atoms with E-state index in [2.05, 4.69) is 19.8 Å². The molecule has 1 unspecified atom stereocenters. The summed E-state index contributed by atoms with van der Waals surface area (Å²) in [5.74, 6) is -0.707. The Bertz CT molecular complexity index is 627. The highest BCUT2D eigenvalue weighted by atomic mass is 16.5. The van der Waals surface area contributed by atoms with Gasteiger partial charge < -0.3 is 24.5 Å². The fourth-order valence-electron chi connectivity index (χ4n) is 3.01. The third-order valence-electron chi connectivity index (χ3n) is 4.63. The van der Waals surface area contributed by atoms with Crippen LogP contribution in [0, 0.1) is 5.92 Å². The number of hydrogen-bond donors (Lipinski definition) is 1. The maximum atomic E-state index is 12.1. The molecule has 2 fully saturated rings. The van der Waals surface area contributed by atoms with Gasteiger partial charge in [-0.25, -0.2) is 9.97 Å². The van der Waals surface area contributed by atoms with Crippen LogP contribution >= 0.6 is 0 Å². The molecule has 2 aliphatic rings. The Morgan fingerprint density at radius 1 is 1.04 bits per heavy atom. The summed E-state index contributed by atoms with van der Waals surface area (Å²) in [7, 11) is 0. The molecule has 0 saturated carbocycles. The van der Waals surface area contributed by atoms with E-state index in [1.165, 1.54) is 6.92 Å². The predicted molar refractivity (Wildman–Crippen MR) is 90.7 cm³/mol. The quantitative estimate of drug-likeness (QED) is 0.739. The molecule has 1 atom stereocenters. The molecule has 2 aliphatic heterocycles. The molecular formula is C16H23N5O4. The molecule has 3 rings (SSSR count). The molecule has 2 saturated heterocycles. The van der Waals surface area contributed by atoms with Gasteiger partial charge in [0.15, 0.2) is 0 Å². The number of morpholine rings is 1. The van der Waals surface area contributed by atoms with Crippen LogP contribution in [-0.4, -0.2) is 84.3 Å². The highest BCUT2D eigenvalue weighted by Crippen LogP contribution is 2.20. The van der Waals surface area contributed by atoms with Crippen LogP contribution in [0.5, 0.6) is 0 Å². The van der Waals surface area contributed by atoms with Crippen LogP contribution in [-0.2, 0) is 14.3 Å². The minimum atomic E-state index is -1.08. The molecule has 3 heterocycles. The first-order chi connectivity index (χ1) is 12.1. The molecule has 9 nitrogen and oxygen atoms in total. The molecule has 1 N–H and O–H groups in total. The average Bonchev–Trinajstić information content (AvgIpc) is 2.67. The number of hydrogen-bond acceptors (Lipinski definition) is 7. The third kappa shape index (κ3) is 3.98. The largest absolute Gasteiger partial charge is 0.481 e. The molecule has 0 spiro atoms. The van der Waals surface area contributed by atoms with Crippen molar-refractivity contribution in [1.29, 1.82) is 0 Å². The highest BCUT2D eigenvalue weighted by Gasteiger charge is 2.29. The minimum absolute atomic E-state index is 0.330. The molecule has 25 heavy (non-hydrogen) atoms. The third-order valence-corrected chi connectivity index (χ3v) is 4.63. The Morgan fingerprint density at radius 2 is 1.60 bits per heavy atom. The number of nitrogens with zero attached hydrogens (tertiary/aromatic N) is 5. The van der Waals surface area contributed by atoms with E-state index in [0.29, 0.717) is 39.4 Å². The number of carboxylic acids is 1. The molecule has 0 radical (unpaired) electrons. The molecule has 0 aromatic carbocycles. The molecule has 9 heteroatoms. The van der Waals surface area contributed by atoms with Crippen molar-refractivity contribution in [2.24, 2.45) is 5.92 Å². The van der Waals surface area contributed by atoms with Crippen LogP contribution in [0.2, 0.25) is 0 Å². The van der Waals surface area contributed by atoms with Gasteiger partial charge in [0.05, 0.1) is 13.2 Å². The fraction of sp³-hybridized carbons (Fsp3) is 0.625. The number of carboxylic acid groups (broad SMARTS) is 1. The number of anilines is 2. The van der Waals surface area contributed by atoms with Gasteiger partial charge in [0.1, 0.15) is 23.9 Å². The van der Waals surface area contributed by atoms with Crippen molar-refractivity contribution in [2.75, 3.05) is 62.3 Å². The van der Waals surface area contributed by atoms with Gasteiger partial charge in [0.2, 0.25) is 5.91 Å². The zero-order valence-corrected chi connectivity index (χ0v) is 14.3. The standard InChI is InChI=1S/C16H23N5O4/c1-12(16(23)24)15(22)21-4-2-19(3-5-21)13-10-14(18-11-17-13)20-6-8-25-9-7-20/h10-12H,2-9H2,1H3,(H,23,24). The highest BCUT2D eigenvalue weighted by molar-refractivity contribution is 5.96. The zero-order valence-electron chi connectivity index (χ0n) is 14.3. The van der Waals surface area contributed by atoms with Crippen LogP contribution in [0.3, 0.4) is 0 Å². The van der Waals surface area contributed by atoms with E-state index in [4.69, 9.17) is 9.84 Å². The van der Waals surface area contributed by atoms with Crippen LogP contribution in [0.25, 0.3) is 0 Å². The van der Waals surface area contributed by atoms with E-state index in [1.54, 1.807) is 11.2 Å². The van der Waals surface area contributed by atoms with E-state index in [-0.39, 0.29) is 5.91 Å². The second kappa shape index (κ2) is 7.64. The lowest BCUT2D eigenvalue weighted by Crippen LogP contribution is -2.51. The first-order valence-corrected chi connectivity index (χ1v) is 8.47. The summed E-state index contributed by atoms with van der Waals surface area (Å²) >= 11 is 0. The second-order valence-corrected chi connectivity index (χ2v) is 6.21. The van der Waals surface area contributed by atoms with E-state index in [0.717, 1.165) is 24.7 Å². The van der Waals surface area contributed by atoms with Crippen molar-refractivity contribution in [3.05, 3.63) is 12.4 Å². The predicted octanol–water partition coefficient (Wildman–Crippen LogP) is -0.317. The van der Waals surface area contributed by atoms with Crippen LogP contribution < -0.4 is 9.80 Å². The fourth-order valence-corrected chi connectivity index (χ4v) is 3.01. The van der Waals surface area contributed by atoms with E-state index >= 15 is 0 Å². The van der Waals surface area contributed by atoms with Crippen molar-refractivity contribution in [1.82, 2.24) is 14.9 Å². The van der Waals surface area contributed by atoms with Crippen molar-refractivity contribution >= 4 is 23.5 Å². The Labute approximate surface area is 146 Å². The molecule has 0 aliphatic carbocycles. The minimum Gasteiger partial charge on any atom is -0.481 e. The summed E-state index contributed by atoms with van der Waals surface area (Å²) < 4.78 is 5.36. The number of amides is 1. The summed E-state index contributed by atoms with van der Waals surface area (Å²) in [5.41, 5.74) is 0. The lowest BCUT2D eigenvalue weighted by Gasteiger charge is -2.36. The first-order valence-electron chi connectivity index (χ1n) is 8.47. The second-order valence-electron chi connectivity index (χ2n) is 6.21. The number of ether oxygens (including phenoxy) is 1. The van der Waals surface area contributed by atoms with E-state index < -0.39 is 11.9 Å². The Hall–Kier alpha value is -2.42. The molecule has 1 aromatic heterocycles. The number of aromatic nitrogens is 2. The summed E-state index contributed by atoms with van der Waals surface area (Å²) in [6.45, 7) is 6.67. The van der Waals surface area contributed by atoms with Crippen LogP contribution in [0.4, 0.5) is 11.6 Å². The zero-order chi connectivity index (χ0) is 17.8. The number of rotatable bonds is 4. The molecule has 0 bridgehead atoms. The van der Waals surface area contributed by atoms with Gasteiger partial charge in [-0.3, -0.25) is 9.59 Å². The van der Waals surface area contributed by atoms with Gasteiger partial charge in [-0.1, -0.05) is 0 Å². The SMILES string of the molecule is CC(C(=O)O)C(=O)N1CCN(c2cc(N3CCOCC3)ncn2)CC1. The molecule has 1 amide bonds. The van der Waals surface area contributed by atoms with Gasteiger partial charge in [-0.05, 0) is 6.92 Å². The van der Waals surface area contributed by atoms with Gasteiger partial charge in [0, 0.05) is 45.3 Å². The summed E-state index contributed by atoms with van der Waals surface area (Å²) in [5, 5.41) is 8.98. The normalized spacial score (nSPS) is 19.6. The molecule has 1 aromatic rings. The number of piperazine rings is 1. The monoisotopic (exact) mass is 349 g/mol. The van der Waals surface area contributed by atoms with Crippen LogP contribution in [0.1, 0.15) is 6.92 Å². The van der Waals surface area contributed by atoms with Gasteiger partial charge in [0.25, 0.3) is 0 Å². The maximum absolute atomic E-state index is 12.1. The topological polar surface area (TPSA) is 99.1 Å². The Morgan fingerprint density at radius 3 is 2.16 bits per heavy atom. The van der Waals surface area contributed by atoms with E-state index in [9.17, 15) is 9.59 Å². The number of carbonyl (C=O) groups is 2. The lowest BCUT2D eigenvalue weighted by molar-refractivity contribution is -0.150. The van der Waals surface area contributed by atoms with Crippen molar-refractivity contribution < 1.29 is 19.4 Å². The average molecular weight is 349 g/mol. The summed E-state index contributed by atoms with van der Waals surface area (Å²) in [4.78, 5) is 37.7. The van der Waals surface area contributed by atoms with Gasteiger partial charge >= 0.3 is 5.97 Å². The van der Waals surface area contributed by atoms with Gasteiger partial charge in [-0.15, -0.1) is 0 Å². The van der Waals surface area contributed by atoms with E-state index in [1.807, 2.05) is 6.07 Å². The van der Waals surface area contributed by atoms with Crippen molar-refractivity contribution in [3.63, 3.8) is 0 Å². The van der Waals surface area contributed by atoms with Crippen molar-refractivity contribution in [3.8, 4) is 0 Å². The number of aliphatic carboxylic acids is 1. The van der Waals surface area contributed by atoms with Crippen LogP contribution in [0.15, 0.2) is 12.4 Å². The smallest absolute Gasteiger partial charge is 0.315 e. The van der Waals surface area contributed by atoms with Gasteiger partial charge in [-0.2, -0.15) is 0 Å². The van der Waals surface area contributed by atoms with Crippen molar-refractivity contribution in [2.45, 2.75) is 6.92 Å².